The molecule has 1 aromatic heterocycles. The van der Waals surface area contributed by atoms with Gasteiger partial charge in [-0.1, -0.05) is 30.3 Å². The number of nitrogens with zero attached hydrogens (tertiary/aromatic N) is 2. The Hall–Kier alpha value is -2.43. The summed E-state index contributed by atoms with van der Waals surface area (Å²) in [5, 5.41) is 13.6. The van der Waals surface area contributed by atoms with Gasteiger partial charge < -0.3 is 5.32 Å². The van der Waals surface area contributed by atoms with Gasteiger partial charge in [-0.25, -0.2) is 9.97 Å². The van der Waals surface area contributed by atoms with Crippen molar-refractivity contribution < 1.29 is 0 Å². The molecule has 19 heavy (non-hydrogen) atoms. The number of hydrogen-bond donors (Lipinski definition) is 3. The molecule has 5 heteroatoms. The second kappa shape index (κ2) is 5.95. The molecule has 2 aromatic rings. The van der Waals surface area contributed by atoms with E-state index in [9.17, 15) is 0 Å². The molecule has 0 fully saturated rings. The van der Waals surface area contributed by atoms with Crippen LogP contribution in [0.15, 0.2) is 36.4 Å². The third kappa shape index (κ3) is 4.06. The van der Waals surface area contributed by atoms with Crippen LogP contribution in [0.3, 0.4) is 0 Å². The summed E-state index contributed by atoms with van der Waals surface area (Å²) in [6, 6.07) is 11.8. The Morgan fingerprint density at radius 1 is 1.11 bits per heavy atom. The maximum atomic E-state index is 7.81. The van der Waals surface area contributed by atoms with Crippen molar-refractivity contribution in [1.82, 2.24) is 15.3 Å². The molecule has 0 amide bonds. The van der Waals surface area contributed by atoms with Gasteiger partial charge in [-0.2, -0.15) is 0 Å². The Labute approximate surface area is 112 Å². The SMILES string of the molecule is Cc1cc(C)nc(NC(=N)NCc2ccccc2)n1. The molecular formula is C14H17N5. The lowest BCUT2D eigenvalue weighted by Gasteiger charge is -2.10. The van der Waals surface area contributed by atoms with Crippen molar-refractivity contribution >= 4 is 11.9 Å². The maximum absolute atomic E-state index is 7.81. The summed E-state index contributed by atoms with van der Waals surface area (Å²) in [6.07, 6.45) is 0. The Bertz CT molecular complexity index is 545. The number of hydrogen-bond acceptors (Lipinski definition) is 3. The summed E-state index contributed by atoms with van der Waals surface area (Å²) in [5.41, 5.74) is 2.88. The van der Waals surface area contributed by atoms with Crippen molar-refractivity contribution in [3.05, 3.63) is 53.3 Å². The third-order valence-electron chi connectivity index (χ3n) is 2.53. The highest BCUT2D eigenvalue weighted by Crippen LogP contribution is 2.03. The Morgan fingerprint density at radius 2 is 1.74 bits per heavy atom. The number of aromatic nitrogens is 2. The summed E-state index contributed by atoms with van der Waals surface area (Å²) in [7, 11) is 0. The van der Waals surface area contributed by atoms with Crippen LogP contribution in [-0.2, 0) is 6.54 Å². The van der Waals surface area contributed by atoms with Crippen molar-refractivity contribution in [1.29, 1.82) is 5.41 Å². The highest BCUT2D eigenvalue weighted by molar-refractivity contribution is 5.89. The molecule has 1 aromatic carbocycles. The molecule has 5 nitrogen and oxygen atoms in total. The summed E-state index contributed by atoms with van der Waals surface area (Å²) >= 11 is 0. The van der Waals surface area contributed by atoms with Crippen LogP contribution in [0.1, 0.15) is 17.0 Å². The average molecular weight is 255 g/mol. The van der Waals surface area contributed by atoms with Gasteiger partial charge in [0.1, 0.15) is 0 Å². The zero-order valence-electron chi connectivity index (χ0n) is 11.1. The molecule has 0 atom stereocenters. The molecule has 0 aliphatic rings. The molecule has 0 saturated heterocycles. The predicted molar refractivity (Wildman–Crippen MR) is 76.1 cm³/mol. The van der Waals surface area contributed by atoms with Crippen LogP contribution in [0.2, 0.25) is 0 Å². The lowest BCUT2D eigenvalue weighted by Crippen LogP contribution is -2.30. The van der Waals surface area contributed by atoms with Gasteiger partial charge >= 0.3 is 0 Å². The molecule has 0 aliphatic carbocycles. The smallest absolute Gasteiger partial charge is 0.229 e. The van der Waals surface area contributed by atoms with E-state index in [1.165, 1.54) is 0 Å². The Morgan fingerprint density at radius 3 is 2.37 bits per heavy atom. The van der Waals surface area contributed by atoms with E-state index in [1.54, 1.807) is 0 Å². The second-order valence-electron chi connectivity index (χ2n) is 4.31. The standard InChI is InChI=1S/C14H17N5/c1-10-8-11(2)18-14(17-10)19-13(15)16-9-12-6-4-3-5-7-12/h3-8H,9H2,1-2H3,(H3,15,16,17,18,19). The first-order chi connectivity index (χ1) is 9.13. The minimum atomic E-state index is 0.189. The molecule has 3 N–H and O–H groups in total. The predicted octanol–water partition coefficient (Wildman–Crippen LogP) is 2.23. The lowest BCUT2D eigenvalue weighted by atomic mass is 10.2. The van der Waals surface area contributed by atoms with E-state index in [-0.39, 0.29) is 5.96 Å². The molecular weight excluding hydrogens is 238 g/mol. The monoisotopic (exact) mass is 255 g/mol. The highest BCUT2D eigenvalue weighted by atomic mass is 15.2. The van der Waals surface area contributed by atoms with Crippen molar-refractivity contribution in [2.45, 2.75) is 20.4 Å². The number of benzene rings is 1. The number of anilines is 1. The molecule has 2 rings (SSSR count). The molecule has 0 saturated carbocycles. The van der Waals surface area contributed by atoms with Crippen molar-refractivity contribution in [2.75, 3.05) is 5.32 Å². The van der Waals surface area contributed by atoms with Crippen LogP contribution >= 0.6 is 0 Å². The fourth-order valence-corrected chi connectivity index (χ4v) is 1.72. The van der Waals surface area contributed by atoms with E-state index in [0.717, 1.165) is 17.0 Å². The Kier molecular flexibility index (Phi) is 4.07. The van der Waals surface area contributed by atoms with Gasteiger partial charge in [0.15, 0.2) is 5.96 Å². The molecule has 0 aliphatic heterocycles. The first kappa shape index (κ1) is 13.0. The van der Waals surface area contributed by atoms with Gasteiger partial charge in [0.2, 0.25) is 5.95 Å². The zero-order valence-corrected chi connectivity index (χ0v) is 11.1. The summed E-state index contributed by atoms with van der Waals surface area (Å²) in [5.74, 6) is 0.636. The van der Waals surface area contributed by atoms with Crippen LogP contribution in [0, 0.1) is 19.3 Å². The highest BCUT2D eigenvalue weighted by Gasteiger charge is 2.02. The van der Waals surface area contributed by atoms with Crippen LogP contribution in [0.25, 0.3) is 0 Å². The number of aryl methyl sites for hydroxylation is 2. The fraction of sp³-hybridized carbons (Fsp3) is 0.214. The first-order valence-corrected chi connectivity index (χ1v) is 6.09. The van der Waals surface area contributed by atoms with E-state index in [2.05, 4.69) is 20.6 Å². The summed E-state index contributed by atoms with van der Waals surface area (Å²) in [6.45, 7) is 4.40. The van der Waals surface area contributed by atoms with E-state index < -0.39 is 0 Å². The molecule has 98 valence electrons. The Balaban J connectivity index is 1.91. The van der Waals surface area contributed by atoms with Crippen LogP contribution in [-0.4, -0.2) is 15.9 Å². The van der Waals surface area contributed by atoms with Crippen LogP contribution in [0.5, 0.6) is 0 Å². The van der Waals surface area contributed by atoms with Crippen LogP contribution in [0.4, 0.5) is 5.95 Å². The molecule has 1 heterocycles. The zero-order chi connectivity index (χ0) is 13.7. The van der Waals surface area contributed by atoms with E-state index in [1.807, 2.05) is 50.2 Å². The van der Waals surface area contributed by atoms with E-state index in [4.69, 9.17) is 5.41 Å². The minimum absolute atomic E-state index is 0.189. The van der Waals surface area contributed by atoms with Gasteiger partial charge in [0, 0.05) is 17.9 Å². The third-order valence-corrected chi connectivity index (χ3v) is 2.53. The molecule has 0 radical (unpaired) electrons. The average Bonchev–Trinajstić information content (AvgIpc) is 2.36. The summed E-state index contributed by atoms with van der Waals surface area (Å²) in [4.78, 5) is 8.45. The number of guanidine groups is 1. The summed E-state index contributed by atoms with van der Waals surface area (Å²) < 4.78 is 0. The molecule has 0 bridgehead atoms. The largest absolute Gasteiger partial charge is 0.352 e. The second-order valence-corrected chi connectivity index (χ2v) is 4.31. The van der Waals surface area contributed by atoms with Crippen molar-refractivity contribution in [2.24, 2.45) is 0 Å². The minimum Gasteiger partial charge on any atom is -0.352 e. The van der Waals surface area contributed by atoms with Gasteiger partial charge in [0.25, 0.3) is 0 Å². The number of rotatable bonds is 3. The maximum Gasteiger partial charge on any atom is 0.229 e. The molecule has 0 spiro atoms. The topological polar surface area (TPSA) is 73.7 Å². The van der Waals surface area contributed by atoms with Gasteiger partial charge in [-0.15, -0.1) is 0 Å². The van der Waals surface area contributed by atoms with Gasteiger partial charge in [-0.05, 0) is 25.5 Å². The lowest BCUT2D eigenvalue weighted by molar-refractivity contribution is 0.899. The first-order valence-electron chi connectivity index (χ1n) is 6.09. The van der Waals surface area contributed by atoms with E-state index in [0.29, 0.717) is 12.5 Å². The molecule has 0 unspecified atom stereocenters. The van der Waals surface area contributed by atoms with Gasteiger partial charge in [0.05, 0.1) is 0 Å². The van der Waals surface area contributed by atoms with Crippen molar-refractivity contribution in [3.8, 4) is 0 Å². The van der Waals surface area contributed by atoms with Gasteiger partial charge in [-0.3, -0.25) is 10.7 Å². The normalized spacial score (nSPS) is 10.0. The van der Waals surface area contributed by atoms with Crippen LogP contribution < -0.4 is 10.6 Å². The quantitative estimate of drug-likeness (QED) is 0.581. The van der Waals surface area contributed by atoms with Crippen molar-refractivity contribution in [3.63, 3.8) is 0 Å². The van der Waals surface area contributed by atoms with E-state index >= 15 is 0 Å². The number of nitrogens with one attached hydrogen (secondary N) is 3. The fourth-order valence-electron chi connectivity index (χ4n) is 1.72.